The largest absolute Gasteiger partial charge is 0.507 e. The summed E-state index contributed by atoms with van der Waals surface area (Å²) in [5, 5.41) is 9.57. The molecule has 1 N–H and O–H groups in total. The van der Waals surface area contributed by atoms with E-state index in [-0.39, 0.29) is 0 Å². The highest BCUT2D eigenvalue weighted by Gasteiger charge is 2.00. The van der Waals surface area contributed by atoms with Crippen LogP contribution >= 0.6 is 12.6 Å². The number of phenolic OH excluding ortho intramolecular Hbond substituents is 1. The maximum absolute atomic E-state index is 9.57. The molecule has 0 amide bonds. The Bertz CT molecular complexity index is 319. The van der Waals surface area contributed by atoms with Crippen molar-refractivity contribution in [1.82, 2.24) is 0 Å². The maximum atomic E-state index is 9.57. The van der Waals surface area contributed by atoms with Gasteiger partial charge in [-0.3, -0.25) is 0 Å². The first kappa shape index (κ1) is 11.2. The molecule has 0 aliphatic rings. The van der Waals surface area contributed by atoms with Crippen LogP contribution in [0, 0.1) is 13.8 Å². The van der Waals surface area contributed by atoms with Gasteiger partial charge >= 0.3 is 0 Å². The van der Waals surface area contributed by atoms with Crippen molar-refractivity contribution in [1.29, 1.82) is 0 Å². The van der Waals surface area contributed by atoms with E-state index in [1.54, 1.807) is 0 Å². The molecule has 1 aromatic carbocycles. The van der Waals surface area contributed by atoms with Crippen LogP contribution in [-0.2, 0) is 0 Å². The molecule has 0 aliphatic carbocycles. The predicted octanol–water partition coefficient (Wildman–Crippen LogP) is 3.34. The van der Waals surface area contributed by atoms with Gasteiger partial charge in [-0.15, -0.1) is 0 Å². The summed E-state index contributed by atoms with van der Waals surface area (Å²) in [6, 6.07) is 3.97. The van der Waals surface area contributed by atoms with Crippen LogP contribution in [0.3, 0.4) is 0 Å². The summed E-state index contributed by atoms with van der Waals surface area (Å²) in [4.78, 5) is 0. The molecule has 1 nitrogen and oxygen atoms in total. The molecule has 0 radical (unpaired) electrons. The number of aryl methyl sites for hydroxylation is 2. The number of aromatic hydroxyl groups is 1. The van der Waals surface area contributed by atoms with Crippen molar-refractivity contribution in [3.8, 4) is 5.75 Å². The quantitative estimate of drug-likeness (QED) is 0.730. The molecule has 0 heterocycles. The van der Waals surface area contributed by atoms with E-state index < -0.39 is 0 Å². The summed E-state index contributed by atoms with van der Waals surface area (Å²) in [7, 11) is 0. The topological polar surface area (TPSA) is 20.2 Å². The van der Waals surface area contributed by atoms with Crippen molar-refractivity contribution >= 4 is 18.7 Å². The fourth-order valence-corrected chi connectivity index (χ4v) is 1.53. The minimum Gasteiger partial charge on any atom is -0.507 e. The number of allylic oxidation sites excluding steroid dienone is 1. The molecule has 1 aromatic rings. The molecule has 0 atom stereocenters. The molecule has 0 aromatic heterocycles. The standard InChI is InChI=1S/C12H16OS/c1-9-7-11(5-3-4-6-14)8-10(2)12(9)13/h3,5,7-8,13-14H,4,6H2,1-2H3. The minimum absolute atomic E-state index is 0.399. The van der Waals surface area contributed by atoms with Crippen LogP contribution in [0.5, 0.6) is 5.75 Å². The van der Waals surface area contributed by atoms with Gasteiger partial charge in [-0.1, -0.05) is 12.2 Å². The van der Waals surface area contributed by atoms with Gasteiger partial charge in [0.2, 0.25) is 0 Å². The smallest absolute Gasteiger partial charge is 0.121 e. The highest BCUT2D eigenvalue weighted by atomic mass is 32.1. The molecule has 0 unspecified atom stereocenters. The summed E-state index contributed by atoms with van der Waals surface area (Å²) in [6.45, 7) is 3.83. The highest BCUT2D eigenvalue weighted by molar-refractivity contribution is 7.80. The van der Waals surface area contributed by atoms with E-state index in [2.05, 4.69) is 24.8 Å². The van der Waals surface area contributed by atoms with Crippen LogP contribution in [0.1, 0.15) is 23.1 Å². The highest BCUT2D eigenvalue weighted by Crippen LogP contribution is 2.23. The third kappa shape index (κ3) is 2.81. The minimum atomic E-state index is 0.399. The van der Waals surface area contributed by atoms with E-state index in [0.29, 0.717) is 5.75 Å². The van der Waals surface area contributed by atoms with Crippen molar-refractivity contribution in [2.45, 2.75) is 20.3 Å². The van der Waals surface area contributed by atoms with Gasteiger partial charge in [-0.25, -0.2) is 0 Å². The predicted molar refractivity (Wildman–Crippen MR) is 65.1 cm³/mol. The lowest BCUT2D eigenvalue weighted by molar-refractivity contribution is 0.467. The van der Waals surface area contributed by atoms with Gasteiger partial charge in [0.1, 0.15) is 5.75 Å². The molecule has 0 bridgehead atoms. The van der Waals surface area contributed by atoms with E-state index >= 15 is 0 Å². The number of hydrogen-bond acceptors (Lipinski definition) is 2. The van der Waals surface area contributed by atoms with Gasteiger partial charge in [0.05, 0.1) is 0 Å². The van der Waals surface area contributed by atoms with E-state index in [9.17, 15) is 5.11 Å². The SMILES string of the molecule is Cc1cc(C=CCCS)cc(C)c1O. The molecule has 1 rings (SSSR count). The fourth-order valence-electron chi connectivity index (χ4n) is 1.38. The van der Waals surface area contributed by atoms with E-state index in [0.717, 1.165) is 28.9 Å². The summed E-state index contributed by atoms with van der Waals surface area (Å²) < 4.78 is 0. The van der Waals surface area contributed by atoms with Gasteiger partial charge < -0.3 is 5.11 Å². The Morgan fingerprint density at radius 1 is 1.29 bits per heavy atom. The Balaban J connectivity index is 2.89. The summed E-state index contributed by atoms with van der Waals surface area (Å²) in [6.07, 6.45) is 5.13. The molecule has 76 valence electrons. The van der Waals surface area contributed by atoms with Crippen LogP contribution in [0.4, 0.5) is 0 Å². The van der Waals surface area contributed by atoms with Gasteiger partial charge in [-0.2, -0.15) is 12.6 Å². The van der Waals surface area contributed by atoms with Gasteiger partial charge in [-0.05, 0) is 54.8 Å². The number of thiol groups is 1. The number of phenols is 1. The number of benzene rings is 1. The summed E-state index contributed by atoms with van der Waals surface area (Å²) >= 11 is 4.13. The molecule has 0 saturated carbocycles. The average molecular weight is 208 g/mol. The van der Waals surface area contributed by atoms with Gasteiger partial charge in [0, 0.05) is 0 Å². The fraction of sp³-hybridized carbons (Fsp3) is 0.333. The Kier molecular flexibility index (Phi) is 4.08. The second-order valence-electron chi connectivity index (χ2n) is 3.42. The van der Waals surface area contributed by atoms with Gasteiger partial charge in [0.25, 0.3) is 0 Å². The Morgan fingerprint density at radius 3 is 2.36 bits per heavy atom. The van der Waals surface area contributed by atoms with Crippen molar-refractivity contribution in [2.24, 2.45) is 0 Å². The second-order valence-corrected chi connectivity index (χ2v) is 3.87. The third-order valence-corrected chi connectivity index (χ3v) is 2.38. The molecule has 0 saturated heterocycles. The van der Waals surface area contributed by atoms with Crippen LogP contribution < -0.4 is 0 Å². The Hall–Kier alpha value is -0.890. The van der Waals surface area contributed by atoms with Crippen molar-refractivity contribution < 1.29 is 5.11 Å². The van der Waals surface area contributed by atoms with Crippen LogP contribution in [0.15, 0.2) is 18.2 Å². The molecule has 0 aliphatic heterocycles. The van der Waals surface area contributed by atoms with Crippen LogP contribution in [0.2, 0.25) is 0 Å². The lowest BCUT2D eigenvalue weighted by Crippen LogP contribution is -1.83. The van der Waals surface area contributed by atoms with Crippen LogP contribution in [-0.4, -0.2) is 10.9 Å². The number of hydrogen-bond donors (Lipinski definition) is 2. The first-order chi connectivity index (χ1) is 6.65. The zero-order valence-electron chi connectivity index (χ0n) is 8.62. The van der Waals surface area contributed by atoms with Crippen molar-refractivity contribution in [3.63, 3.8) is 0 Å². The summed E-state index contributed by atoms with van der Waals surface area (Å²) in [5.74, 6) is 1.27. The van der Waals surface area contributed by atoms with E-state index in [1.807, 2.05) is 26.0 Å². The van der Waals surface area contributed by atoms with Crippen molar-refractivity contribution in [2.75, 3.05) is 5.75 Å². The summed E-state index contributed by atoms with van der Waals surface area (Å²) in [5.41, 5.74) is 2.99. The van der Waals surface area contributed by atoms with Crippen LogP contribution in [0.25, 0.3) is 6.08 Å². The lowest BCUT2D eigenvalue weighted by Gasteiger charge is -2.04. The zero-order valence-corrected chi connectivity index (χ0v) is 9.51. The molecular formula is C12H16OS. The number of rotatable bonds is 3. The first-order valence-electron chi connectivity index (χ1n) is 4.72. The maximum Gasteiger partial charge on any atom is 0.121 e. The van der Waals surface area contributed by atoms with E-state index in [4.69, 9.17) is 0 Å². The Morgan fingerprint density at radius 2 is 1.86 bits per heavy atom. The van der Waals surface area contributed by atoms with Crippen molar-refractivity contribution in [3.05, 3.63) is 34.9 Å². The van der Waals surface area contributed by atoms with E-state index in [1.165, 1.54) is 0 Å². The molecule has 14 heavy (non-hydrogen) atoms. The monoisotopic (exact) mass is 208 g/mol. The molecule has 2 heteroatoms. The Labute approximate surface area is 90.9 Å². The molecular weight excluding hydrogens is 192 g/mol. The zero-order chi connectivity index (χ0) is 10.6. The third-order valence-electron chi connectivity index (χ3n) is 2.12. The lowest BCUT2D eigenvalue weighted by atomic mass is 10.1. The average Bonchev–Trinajstić information content (AvgIpc) is 2.14. The normalized spacial score (nSPS) is 11.1. The molecule has 0 fully saturated rings. The molecule has 0 spiro atoms. The van der Waals surface area contributed by atoms with Gasteiger partial charge in [0.15, 0.2) is 0 Å². The second kappa shape index (κ2) is 5.11. The first-order valence-corrected chi connectivity index (χ1v) is 5.36.